The van der Waals surface area contributed by atoms with Crippen LogP contribution >= 0.6 is 0 Å². The predicted octanol–water partition coefficient (Wildman–Crippen LogP) is 1.74. The Bertz CT molecular complexity index is 496. The maximum atomic E-state index is 10.9. The third kappa shape index (κ3) is 3.46. The second-order valence-corrected chi connectivity index (χ2v) is 4.67. The van der Waals surface area contributed by atoms with Crippen LogP contribution in [-0.4, -0.2) is 47.2 Å². The summed E-state index contributed by atoms with van der Waals surface area (Å²) in [5.41, 5.74) is 1.70. The van der Waals surface area contributed by atoms with Gasteiger partial charge in [0.15, 0.2) is 0 Å². The van der Waals surface area contributed by atoms with Gasteiger partial charge in [-0.15, -0.1) is 0 Å². The van der Waals surface area contributed by atoms with Gasteiger partial charge in [0.2, 0.25) is 0 Å². The lowest BCUT2D eigenvalue weighted by molar-refractivity contribution is 0.146. The molecule has 0 spiro atoms. The Morgan fingerprint density at radius 3 is 2.79 bits per heavy atom. The van der Waals surface area contributed by atoms with E-state index in [0.717, 1.165) is 18.5 Å². The predicted molar refractivity (Wildman–Crippen MR) is 70.6 cm³/mol. The highest BCUT2D eigenvalue weighted by Gasteiger charge is 2.18. The van der Waals surface area contributed by atoms with Crippen molar-refractivity contribution < 1.29 is 9.90 Å². The van der Waals surface area contributed by atoms with Crippen LogP contribution < -0.4 is 0 Å². The van der Waals surface area contributed by atoms with Crippen LogP contribution in [0.2, 0.25) is 0 Å². The van der Waals surface area contributed by atoms with Crippen molar-refractivity contribution in [3.8, 4) is 6.07 Å². The van der Waals surface area contributed by atoms with E-state index in [1.807, 2.05) is 24.3 Å². The Balaban J connectivity index is 2.00. The first-order valence-corrected chi connectivity index (χ1v) is 6.39. The maximum absolute atomic E-state index is 10.9. The molecule has 1 aliphatic rings. The van der Waals surface area contributed by atoms with Gasteiger partial charge in [-0.1, -0.05) is 18.2 Å². The van der Waals surface area contributed by atoms with Crippen molar-refractivity contribution in [2.75, 3.05) is 26.2 Å². The van der Waals surface area contributed by atoms with E-state index in [4.69, 9.17) is 10.4 Å². The van der Waals surface area contributed by atoms with E-state index in [0.29, 0.717) is 31.7 Å². The van der Waals surface area contributed by atoms with E-state index in [1.165, 1.54) is 4.90 Å². The molecular weight excluding hydrogens is 242 g/mol. The number of carboxylic acid groups (broad SMARTS) is 1. The maximum Gasteiger partial charge on any atom is 0.407 e. The summed E-state index contributed by atoms with van der Waals surface area (Å²) in [5, 5.41) is 18.0. The molecule has 0 atom stereocenters. The third-order valence-electron chi connectivity index (χ3n) is 3.39. The number of amides is 1. The first-order valence-electron chi connectivity index (χ1n) is 6.39. The van der Waals surface area contributed by atoms with Crippen LogP contribution in [0.3, 0.4) is 0 Å². The van der Waals surface area contributed by atoms with Gasteiger partial charge in [0.25, 0.3) is 0 Å². The SMILES string of the molecule is N#Cc1ccccc1CN1CCCN(C(=O)O)CC1. The van der Waals surface area contributed by atoms with Gasteiger partial charge in [-0.25, -0.2) is 4.79 Å². The summed E-state index contributed by atoms with van der Waals surface area (Å²) in [7, 11) is 0. The Morgan fingerprint density at radius 2 is 2.05 bits per heavy atom. The summed E-state index contributed by atoms with van der Waals surface area (Å²) in [5.74, 6) is 0. The van der Waals surface area contributed by atoms with Crippen molar-refractivity contribution in [1.29, 1.82) is 5.26 Å². The van der Waals surface area contributed by atoms with E-state index in [1.54, 1.807) is 0 Å². The summed E-state index contributed by atoms with van der Waals surface area (Å²) in [6.07, 6.45) is -0.0135. The van der Waals surface area contributed by atoms with Crippen LogP contribution in [0.25, 0.3) is 0 Å². The molecule has 0 bridgehead atoms. The number of hydrogen-bond acceptors (Lipinski definition) is 3. The van der Waals surface area contributed by atoms with Gasteiger partial charge >= 0.3 is 6.09 Å². The first-order chi connectivity index (χ1) is 9.20. The Kier molecular flexibility index (Phi) is 4.37. The van der Waals surface area contributed by atoms with Crippen LogP contribution in [0.1, 0.15) is 17.5 Å². The molecule has 1 aromatic rings. The minimum atomic E-state index is -0.848. The number of nitrogens with zero attached hydrogens (tertiary/aromatic N) is 3. The fourth-order valence-electron chi connectivity index (χ4n) is 2.33. The van der Waals surface area contributed by atoms with Crippen molar-refractivity contribution in [2.24, 2.45) is 0 Å². The largest absolute Gasteiger partial charge is 0.465 e. The van der Waals surface area contributed by atoms with Gasteiger partial charge in [-0.3, -0.25) is 4.90 Å². The minimum absolute atomic E-state index is 0.532. The zero-order valence-electron chi connectivity index (χ0n) is 10.7. The van der Waals surface area contributed by atoms with Gasteiger partial charge in [0.1, 0.15) is 0 Å². The molecule has 0 radical (unpaired) electrons. The molecule has 1 fully saturated rings. The van der Waals surface area contributed by atoms with Crippen molar-refractivity contribution in [1.82, 2.24) is 9.80 Å². The number of rotatable bonds is 2. The van der Waals surface area contributed by atoms with Crippen molar-refractivity contribution >= 4 is 6.09 Å². The molecule has 0 aromatic heterocycles. The van der Waals surface area contributed by atoms with Crippen LogP contribution in [0, 0.1) is 11.3 Å². The van der Waals surface area contributed by atoms with Crippen molar-refractivity contribution in [3.63, 3.8) is 0 Å². The van der Waals surface area contributed by atoms with Gasteiger partial charge in [-0.2, -0.15) is 5.26 Å². The summed E-state index contributed by atoms with van der Waals surface area (Å²) in [6.45, 7) is 3.41. The number of hydrogen-bond donors (Lipinski definition) is 1. The highest BCUT2D eigenvalue weighted by molar-refractivity contribution is 5.64. The zero-order chi connectivity index (χ0) is 13.7. The lowest BCUT2D eigenvalue weighted by Crippen LogP contribution is -2.34. The summed E-state index contributed by atoms with van der Waals surface area (Å²) < 4.78 is 0. The molecule has 5 heteroatoms. The summed E-state index contributed by atoms with van der Waals surface area (Å²) in [4.78, 5) is 14.6. The first kappa shape index (κ1) is 13.4. The topological polar surface area (TPSA) is 67.6 Å². The van der Waals surface area contributed by atoms with E-state index in [2.05, 4.69) is 11.0 Å². The Labute approximate surface area is 112 Å². The van der Waals surface area contributed by atoms with Crippen molar-refractivity contribution in [2.45, 2.75) is 13.0 Å². The molecule has 0 aliphatic carbocycles. The fourth-order valence-corrected chi connectivity index (χ4v) is 2.33. The highest BCUT2D eigenvalue weighted by Crippen LogP contribution is 2.12. The molecule has 0 unspecified atom stereocenters. The lowest BCUT2D eigenvalue weighted by Gasteiger charge is -2.20. The van der Waals surface area contributed by atoms with E-state index < -0.39 is 6.09 Å². The average molecular weight is 259 g/mol. The fraction of sp³-hybridized carbons (Fsp3) is 0.429. The number of benzene rings is 1. The number of carbonyl (C=O) groups is 1. The van der Waals surface area contributed by atoms with Crippen molar-refractivity contribution in [3.05, 3.63) is 35.4 Å². The second kappa shape index (κ2) is 6.21. The number of nitriles is 1. The van der Waals surface area contributed by atoms with Gasteiger partial charge in [0.05, 0.1) is 11.6 Å². The molecule has 2 rings (SSSR count). The second-order valence-electron chi connectivity index (χ2n) is 4.67. The van der Waals surface area contributed by atoms with E-state index in [9.17, 15) is 4.79 Å². The van der Waals surface area contributed by atoms with E-state index in [-0.39, 0.29) is 0 Å². The molecular formula is C14H17N3O2. The molecule has 1 N–H and O–H groups in total. The highest BCUT2D eigenvalue weighted by atomic mass is 16.4. The normalized spacial score (nSPS) is 16.7. The van der Waals surface area contributed by atoms with Crippen LogP contribution in [0.15, 0.2) is 24.3 Å². The van der Waals surface area contributed by atoms with Gasteiger partial charge in [-0.05, 0) is 18.1 Å². The molecule has 19 heavy (non-hydrogen) atoms. The molecule has 1 aliphatic heterocycles. The van der Waals surface area contributed by atoms with Crippen LogP contribution in [-0.2, 0) is 6.54 Å². The smallest absolute Gasteiger partial charge is 0.407 e. The van der Waals surface area contributed by atoms with Crippen LogP contribution in [0.5, 0.6) is 0 Å². The van der Waals surface area contributed by atoms with Crippen LogP contribution in [0.4, 0.5) is 4.79 Å². The average Bonchev–Trinajstić information content (AvgIpc) is 2.65. The Morgan fingerprint density at radius 1 is 1.26 bits per heavy atom. The molecule has 1 aromatic carbocycles. The molecule has 5 nitrogen and oxygen atoms in total. The summed E-state index contributed by atoms with van der Waals surface area (Å²) >= 11 is 0. The third-order valence-corrected chi connectivity index (χ3v) is 3.39. The van der Waals surface area contributed by atoms with Gasteiger partial charge < -0.3 is 10.0 Å². The van der Waals surface area contributed by atoms with E-state index >= 15 is 0 Å². The quantitative estimate of drug-likeness (QED) is 0.878. The van der Waals surface area contributed by atoms with Gasteiger partial charge in [0, 0.05) is 32.7 Å². The monoisotopic (exact) mass is 259 g/mol. The lowest BCUT2D eigenvalue weighted by atomic mass is 10.1. The Hall–Kier alpha value is -2.06. The standard InChI is InChI=1S/C14H17N3O2/c15-10-12-4-1-2-5-13(12)11-16-6-3-7-17(9-8-16)14(18)19/h1-2,4-5H,3,6-9,11H2,(H,18,19). The molecule has 1 saturated heterocycles. The molecule has 1 amide bonds. The molecule has 0 saturated carbocycles. The molecule has 100 valence electrons. The zero-order valence-corrected chi connectivity index (χ0v) is 10.7. The molecule has 1 heterocycles. The minimum Gasteiger partial charge on any atom is -0.465 e. The summed E-state index contributed by atoms with van der Waals surface area (Å²) in [6, 6.07) is 9.76.